The van der Waals surface area contributed by atoms with Gasteiger partial charge in [0.2, 0.25) is 0 Å². The minimum Gasteiger partial charge on any atom is -0.350 e. The van der Waals surface area contributed by atoms with Crippen LogP contribution in [0.4, 0.5) is 0 Å². The highest BCUT2D eigenvalue weighted by Gasteiger charge is 2.29. The molecule has 0 saturated carbocycles. The van der Waals surface area contributed by atoms with Gasteiger partial charge in [0.15, 0.2) is 5.79 Å². The third-order valence-corrected chi connectivity index (χ3v) is 2.03. The molecule has 66 valence electrons. The zero-order chi connectivity index (χ0) is 8.48. The van der Waals surface area contributed by atoms with Crippen LogP contribution in [-0.4, -0.2) is 25.0 Å². The molecular formula is C8H17NO2. The van der Waals surface area contributed by atoms with Gasteiger partial charge in [-0.3, -0.25) is 0 Å². The fourth-order valence-corrected chi connectivity index (χ4v) is 1.01. The summed E-state index contributed by atoms with van der Waals surface area (Å²) in [5, 5.41) is 0. The van der Waals surface area contributed by atoms with Gasteiger partial charge in [0.25, 0.3) is 0 Å². The minimum atomic E-state index is -0.411. The Morgan fingerprint density at radius 1 is 1.36 bits per heavy atom. The normalized spacial score (nSPS) is 28.4. The Morgan fingerprint density at radius 3 is 2.18 bits per heavy atom. The van der Waals surface area contributed by atoms with Crippen molar-refractivity contribution in [2.45, 2.75) is 32.6 Å². The monoisotopic (exact) mass is 159 g/mol. The standard InChI is InChI=1S/C8H17NO2/c1-6(9)7-4-10-8(2,3)11-5-7/h6-7H,4-5,9H2,1-3H3. The fraction of sp³-hybridized carbons (Fsp3) is 1.00. The van der Waals surface area contributed by atoms with Crippen LogP contribution < -0.4 is 5.73 Å². The topological polar surface area (TPSA) is 44.5 Å². The Bertz CT molecular complexity index is 124. The predicted octanol–water partition coefficient (Wildman–Crippen LogP) is 0.733. The van der Waals surface area contributed by atoms with Crippen LogP contribution >= 0.6 is 0 Å². The van der Waals surface area contributed by atoms with Gasteiger partial charge in [-0.25, -0.2) is 0 Å². The first kappa shape index (κ1) is 8.97. The summed E-state index contributed by atoms with van der Waals surface area (Å²) in [6.07, 6.45) is 0. The third-order valence-electron chi connectivity index (χ3n) is 2.03. The fourth-order valence-electron chi connectivity index (χ4n) is 1.01. The Balaban J connectivity index is 2.36. The molecule has 0 aromatic rings. The summed E-state index contributed by atoms with van der Waals surface area (Å²) in [6, 6.07) is 0.158. The molecule has 1 fully saturated rings. The Hall–Kier alpha value is -0.120. The van der Waals surface area contributed by atoms with Gasteiger partial charge in [-0.1, -0.05) is 0 Å². The van der Waals surface area contributed by atoms with Crippen LogP contribution in [0.25, 0.3) is 0 Å². The molecule has 0 aliphatic carbocycles. The Labute approximate surface area is 67.9 Å². The maximum absolute atomic E-state index is 5.70. The molecule has 1 saturated heterocycles. The van der Waals surface area contributed by atoms with Gasteiger partial charge in [-0.2, -0.15) is 0 Å². The predicted molar refractivity (Wildman–Crippen MR) is 43.1 cm³/mol. The highest BCUT2D eigenvalue weighted by Crippen LogP contribution is 2.21. The molecule has 1 aliphatic heterocycles. The van der Waals surface area contributed by atoms with Crippen LogP contribution in [-0.2, 0) is 9.47 Å². The van der Waals surface area contributed by atoms with Crippen molar-refractivity contribution < 1.29 is 9.47 Å². The molecule has 1 aliphatic rings. The van der Waals surface area contributed by atoms with Gasteiger partial charge in [-0.15, -0.1) is 0 Å². The molecule has 0 aromatic heterocycles. The van der Waals surface area contributed by atoms with Crippen molar-refractivity contribution in [2.24, 2.45) is 11.7 Å². The number of rotatable bonds is 1. The van der Waals surface area contributed by atoms with Crippen LogP contribution in [0.15, 0.2) is 0 Å². The molecular weight excluding hydrogens is 142 g/mol. The van der Waals surface area contributed by atoms with E-state index in [0.29, 0.717) is 19.1 Å². The highest BCUT2D eigenvalue weighted by atomic mass is 16.7. The van der Waals surface area contributed by atoms with Crippen molar-refractivity contribution >= 4 is 0 Å². The van der Waals surface area contributed by atoms with E-state index in [1.165, 1.54) is 0 Å². The molecule has 11 heavy (non-hydrogen) atoms. The quantitative estimate of drug-likeness (QED) is 0.613. The summed E-state index contributed by atoms with van der Waals surface area (Å²) in [5.41, 5.74) is 5.70. The lowest BCUT2D eigenvalue weighted by atomic mass is 10.0. The number of nitrogens with two attached hydrogens (primary N) is 1. The number of hydrogen-bond donors (Lipinski definition) is 1. The molecule has 0 bridgehead atoms. The van der Waals surface area contributed by atoms with Crippen molar-refractivity contribution in [3.63, 3.8) is 0 Å². The lowest BCUT2D eigenvalue weighted by Gasteiger charge is -2.36. The van der Waals surface area contributed by atoms with E-state index < -0.39 is 5.79 Å². The van der Waals surface area contributed by atoms with E-state index in [9.17, 15) is 0 Å². The highest BCUT2D eigenvalue weighted by molar-refractivity contribution is 4.73. The summed E-state index contributed by atoms with van der Waals surface area (Å²) >= 11 is 0. The Morgan fingerprint density at radius 2 is 1.82 bits per heavy atom. The van der Waals surface area contributed by atoms with E-state index in [0.717, 1.165) is 0 Å². The first-order chi connectivity index (χ1) is 5.01. The molecule has 3 heteroatoms. The summed E-state index contributed by atoms with van der Waals surface area (Å²) in [5.74, 6) is -0.0613. The molecule has 0 radical (unpaired) electrons. The van der Waals surface area contributed by atoms with Gasteiger partial charge >= 0.3 is 0 Å². The van der Waals surface area contributed by atoms with Crippen LogP contribution in [0.5, 0.6) is 0 Å². The van der Waals surface area contributed by atoms with Gasteiger partial charge < -0.3 is 15.2 Å². The summed E-state index contributed by atoms with van der Waals surface area (Å²) < 4.78 is 10.9. The first-order valence-electron chi connectivity index (χ1n) is 4.05. The van der Waals surface area contributed by atoms with Crippen molar-refractivity contribution in [3.05, 3.63) is 0 Å². The van der Waals surface area contributed by atoms with Gasteiger partial charge in [0, 0.05) is 12.0 Å². The van der Waals surface area contributed by atoms with E-state index in [2.05, 4.69) is 0 Å². The van der Waals surface area contributed by atoms with E-state index >= 15 is 0 Å². The van der Waals surface area contributed by atoms with Gasteiger partial charge in [-0.05, 0) is 20.8 Å². The minimum absolute atomic E-state index is 0.158. The SMILES string of the molecule is CC(N)C1COC(C)(C)OC1. The van der Waals surface area contributed by atoms with Crippen molar-refractivity contribution in [2.75, 3.05) is 13.2 Å². The van der Waals surface area contributed by atoms with E-state index in [-0.39, 0.29) is 6.04 Å². The molecule has 1 heterocycles. The molecule has 1 rings (SSSR count). The molecule has 0 spiro atoms. The van der Waals surface area contributed by atoms with Crippen LogP contribution in [0.1, 0.15) is 20.8 Å². The van der Waals surface area contributed by atoms with E-state index in [4.69, 9.17) is 15.2 Å². The molecule has 1 atom stereocenters. The second-order valence-electron chi connectivity index (χ2n) is 3.64. The lowest BCUT2D eigenvalue weighted by molar-refractivity contribution is -0.263. The van der Waals surface area contributed by atoms with Crippen molar-refractivity contribution in [1.82, 2.24) is 0 Å². The van der Waals surface area contributed by atoms with Crippen molar-refractivity contribution in [3.8, 4) is 0 Å². The van der Waals surface area contributed by atoms with Crippen LogP contribution in [0.2, 0.25) is 0 Å². The average Bonchev–Trinajstić information content (AvgIpc) is 1.86. The zero-order valence-electron chi connectivity index (χ0n) is 7.46. The first-order valence-corrected chi connectivity index (χ1v) is 4.05. The second-order valence-corrected chi connectivity index (χ2v) is 3.64. The summed E-state index contributed by atoms with van der Waals surface area (Å²) in [6.45, 7) is 7.25. The molecule has 0 aromatic carbocycles. The largest absolute Gasteiger partial charge is 0.350 e. The number of hydrogen-bond acceptors (Lipinski definition) is 3. The Kier molecular flexibility index (Phi) is 2.52. The summed E-state index contributed by atoms with van der Waals surface area (Å²) in [4.78, 5) is 0. The zero-order valence-corrected chi connectivity index (χ0v) is 7.46. The molecule has 1 unspecified atom stereocenters. The number of ether oxygens (including phenoxy) is 2. The smallest absolute Gasteiger partial charge is 0.162 e. The van der Waals surface area contributed by atoms with Gasteiger partial charge in [0.05, 0.1) is 13.2 Å². The molecule has 3 nitrogen and oxygen atoms in total. The van der Waals surface area contributed by atoms with E-state index in [1.54, 1.807) is 0 Å². The van der Waals surface area contributed by atoms with Gasteiger partial charge in [0.1, 0.15) is 0 Å². The summed E-state index contributed by atoms with van der Waals surface area (Å²) in [7, 11) is 0. The van der Waals surface area contributed by atoms with Crippen molar-refractivity contribution in [1.29, 1.82) is 0 Å². The molecule has 2 N–H and O–H groups in total. The van der Waals surface area contributed by atoms with Crippen LogP contribution in [0.3, 0.4) is 0 Å². The van der Waals surface area contributed by atoms with Crippen LogP contribution in [0, 0.1) is 5.92 Å². The third kappa shape index (κ3) is 2.43. The molecule has 0 amide bonds. The average molecular weight is 159 g/mol. The second kappa shape index (κ2) is 3.09. The lowest BCUT2D eigenvalue weighted by Crippen LogP contribution is -2.45. The van der Waals surface area contributed by atoms with E-state index in [1.807, 2.05) is 20.8 Å². The maximum atomic E-state index is 5.70. The maximum Gasteiger partial charge on any atom is 0.162 e.